The number of alkyl halides is 1. The van der Waals surface area contributed by atoms with Crippen LogP contribution in [0.3, 0.4) is 0 Å². The molecule has 160 valence electrons. The molecule has 4 nitrogen and oxygen atoms in total. The van der Waals surface area contributed by atoms with Crippen LogP contribution >= 0.6 is 0 Å². The van der Waals surface area contributed by atoms with E-state index in [1.165, 1.54) is 0 Å². The molecule has 0 radical (unpaired) electrons. The number of carbonyl (C=O) groups is 1. The summed E-state index contributed by atoms with van der Waals surface area (Å²) in [6.07, 6.45) is 8.39. The molecule has 4 rings (SSSR count). The van der Waals surface area contributed by atoms with E-state index < -0.39 is 52.4 Å². The lowest BCUT2D eigenvalue weighted by atomic mass is 9.44. The van der Waals surface area contributed by atoms with Crippen LogP contribution in [-0.4, -0.2) is 45.1 Å². The number of fused-ring (bicyclic) bond motifs is 5. The fourth-order valence-electron chi connectivity index (χ4n) is 7.48. The number of rotatable bonds is 2. The third kappa shape index (κ3) is 2.27. The van der Waals surface area contributed by atoms with Crippen molar-refractivity contribution in [1.29, 1.82) is 0 Å². The quantitative estimate of drug-likeness (QED) is 0.660. The van der Waals surface area contributed by atoms with Gasteiger partial charge in [0, 0.05) is 16.7 Å². The zero-order valence-electron chi connectivity index (χ0n) is 17.8. The molecule has 0 unspecified atom stereocenters. The summed E-state index contributed by atoms with van der Waals surface area (Å²) in [5.74, 6) is -1.71. The van der Waals surface area contributed by atoms with Crippen LogP contribution in [0.5, 0.6) is 0 Å². The largest absolute Gasteiger partial charge is 0.390 e. The Morgan fingerprint density at radius 2 is 2.03 bits per heavy atom. The predicted octanol–water partition coefficient (Wildman–Crippen LogP) is 3.27. The Bertz CT molecular complexity index is 831. The molecular formula is C24H33FO4. The molecule has 3 saturated carbocycles. The van der Waals surface area contributed by atoms with E-state index in [0.717, 1.165) is 17.6 Å². The molecule has 3 fully saturated rings. The standard InChI is InChI=1S/C24H33FO4/c1-5-15-8-9-21(3)16(11-15)6-7-17-18-10-14(2)24(29,20(28)13-26)22(18,4)12-19(27)23(17,21)25/h5,8-9,11,14,17-19,26-27,29H,6-7,10,12-13H2,1-4H3/b15-5+/t14-,17+,18+,19+,21+,22+,23+,24+/m1/s1. The highest BCUT2D eigenvalue weighted by Crippen LogP contribution is 2.70. The van der Waals surface area contributed by atoms with Crippen molar-refractivity contribution >= 4 is 5.78 Å². The lowest BCUT2D eigenvalue weighted by Crippen LogP contribution is -2.69. The van der Waals surface area contributed by atoms with Crippen LogP contribution in [0.25, 0.3) is 0 Å². The zero-order valence-corrected chi connectivity index (χ0v) is 17.8. The first kappa shape index (κ1) is 21.0. The second-order valence-electron chi connectivity index (χ2n) is 10.1. The summed E-state index contributed by atoms with van der Waals surface area (Å²) < 4.78 is 17.1. The number of Topliss-reactive ketones (excluding diaryl/α,β-unsaturated/α-hetero) is 1. The minimum Gasteiger partial charge on any atom is -0.390 e. The number of allylic oxidation sites excluding steroid dienone is 6. The van der Waals surface area contributed by atoms with E-state index in [0.29, 0.717) is 12.8 Å². The average molecular weight is 405 g/mol. The monoisotopic (exact) mass is 404 g/mol. The Hall–Kier alpha value is -1.30. The number of aliphatic hydroxyl groups excluding tert-OH is 2. The van der Waals surface area contributed by atoms with Gasteiger partial charge < -0.3 is 15.3 Å². The number of halogens is 1. The van der Waals surface area contributed by atoms with Gasteiger partial charge in [-0.05, 0) is 56.9 Å². The first-order valence-electron chi connectivity index (χ1n) is 10.8. The van der Waals surface area contributed by atoms with E-state index >= 15 is 4.39 Å². The Morgan fingerprint density at radius 3 is 2.66 bits per heavy atom. The summed E-state index contributed by atoms with van der Waals surface area (Å²) in [5, 5.41) is 32.2. The fourth-order valence-corrected chi connectivity index (χ4v) is 7.48. The first-order chi connectivity index (χ1) is 13.5. The Morgan fingerprint density at radius 1 is 1.34 bits per heavy atom. The summed E-state index contributed by atoms with van der Waals surface area (Å²) in [7, 11) is 0. The van der Waals surface area contributed by atoms with Crippen molar-refractivity contribution in [3.8, 4) is 0 Å². The van der Waals surface area contributed by atoms with Crippen LogP contribution in [0, 0.1) is 28.6 Å². The van der Waals surface area contributed by atoms with Crippen LogP contribution in [0.4, 0.5) is 4.39 Å². The summed E-state index contributed by atoms with van der Waals surface area (Å²) in [5.41, 5.74) is -3.42. The maximum absolute atomic E-state index is 17.1. The van der Waals surface area contributed by atoms with Crippen LogP contribution < -0.4 is 0 Å². The van der Waals surface area contributed by atoms with E-state index in [1.54, 1.807) is 13.8 Å². The van der Waals surface area contributed by atoms with Crippen LogP contribution in [0.15, 0.2) is 35.5 Å². The van der Waals surface area contributed by atoms with Gasteiger partial charge in [-0.15, -0.1) is 0 Å². The molecule has 0 saturated heterocycles. The second kappa shape index (κ2) is 6.35. The lowest BCUT2D eigenvalue weighted by Gasteiger charge is -2.62. The van der Waals surface area contributed by atoms with Gasteiger partial charge in [-0.2, -0.15) is 0 Å². The summed E-state index contributed by atoms with van der Waals surface area (Å²) in [4.78, 5) is 12.6. The van der Waals surface area contributed by atoms with Crippen LogP contribution in [-0.2, 0) is 4.79 Å². The molecule has 0 aromatic heterocycles. The number of aliphatic hydroxyl groups is 3. The molecule has 0 bridgehead atoms. The Kier molecular flexibility index (Phi) is 4.59. The third-order valence-electron chi connectivity index (χ3n) is 9.18. The van der Waals surface area contributed by atoms with Crippen molar-refractivity contribution in [1.82, 2.24) is 0 Å². The minimum absolute atomic E-state index is 0.00440. The van der Waals surface area contributed by atoms with E-state index in [2.05, 4.69) is 0 Å². The van der Waals surface area contributed by atoms with Crippen molar-refractivity contribution in [2.24, 2.45) is 28.6 Å². The number of hydrogen-bond acceptors (Lipinski definition) is 4. The predicted molar refractivity (Wildman–Crippen MR) is 109 cm³/mol. The van der Waals surface area contributed by atoms with E-state index in [4.69, 9.17) is 0 Å². The fraction of sp³-hybridized carbons (Fsp3) is 0.708. The van der Waals surface area contributed by atoms with E-state index in [9.17, 15) is 20.1 Å². The summed E-state index contributed by atoms with van der Waals surface area (Å²) in [6.45, 7) is 6.70. The van der Waals surface area contributed by atoms with Crippen LogP contribution in [0.2, 0.25) is 0 Å². The SMILES string of the molecule is C/C=C1\C=C[C@@]2(C)C(=C1)CC[C@H]1[C@@H]3C[C@@H](C)[C@](O)(C(=O)CO)[C@@]3(C)C[C@H](O)[C@@]12F. The second-order valence-corrected chi connectivity index (χ2v) is 10.1. The molecular weight excluding hydrogens is 371 g/mol. The van der Waals surface area contributed by atoms with Crippen LogP contribution in [0.1, 0.15) is 53.4 Å². The molecule has 29 heavy (non-hydrogen) atoms. The molecule has 0 heterocycles. The molecule has 4 aliphatic rings. The van der Waals surface area contributed by atoms with Crippen molar-refractivity contribution in [3.05, 3.63) is 35.5 Å². The number of carbonyl (C=O) groups excluding carboxylic acids is 1. The maximum Gasteiger partial charge on any atom is 0.190 e. The lowest BCUT2D eigenvalue weighted by molar-refractivity contribution is -0.219. The highest BCUT2D eigenvalue weighted by Gasteiger charge is 2.75. The minimum atomic E-state index is -1.86. The average Bonchev–Trinajstić information content (AvgIpc) is 2.89. The molecule has 4 aliphatic carbocycles. The topological polar surface area (TPSA) is 77.8 Å². The van der Waals surface area contributed by atoms with Crippen molar-refractivity contribution < 1.29 is 24.5 Å². The Balaban J connectivity index is 1.83. The number of ketones is 1. The van der Waals surface area contributed by atoms with Gasteiger partial charge in [0.15, 0.2) is 11.5 Å². The van der Waals surface area contributed by atoms with Gasteiger partial charge in [-0.1, -0.05) is 43.7 Å². The van der Waals surface area contributed by atoms with Gasteiger partial charge in [0.05, 0.1) is 6.10 Å². The highest BCUT2D eigenvalue weighted by atomic mass is 19.1. The van der Waals surface area contributed by atoms with Gasteiger partial charge in [-0.3, -0.25) is 4.79 Å². The van der Waals surface area contributed by atoms with Gasteiger partial charge in [0.25, 0.3) is 0 Å². The molecule has 0 aromatic carbocycles. The van der Waals surface area contributed by atoms with Crippen molar-refractivity contribution in [3.63, 3.8) is 0 Å². The normalized spacial score (nSPS) is 52.6. The summed E-state index contributed by atoms with van der Waals surface area (Å²) in [6, 6.07) is 0. The van der Waals surface area contributed by atoms with Crippen molar-refractivity contribution in [2.45, 2.75) is 70.8 Å². The molecule has 0 aliphatic heterocycles. The van der Waals surface area contributed by atoms with Gasteiger partial charge in [-0.25, -0.2) is 4.39 Å². The van der Waals surface area contributed by atoms with Crippen molar-refractivity contribution in [2.75, 3.05) is 6.61 Å². The van der Waals surface area contributed by atoms with E-state index in [1.807, 2.05) is 38.2 Å². The first-order valence-corrected chi connectivity index (χ1v) is 10.8. The van der Waals surface area contributed by atoms with Gasteiger partial charge in [0.1, 0.15) is 12.2 Å². The molecule has 3 N–H and O–H groups in total. The molecule has 5 heteroatoms. The molecule has 0 amide bonds. The smallest absolute Gasteiger partial charge is 0.190 e. The maximum atomic E-state index is 17.1. The molecule has 0 spiro atoms. The Labute approximate surface area is 172 Å². The molecule has 8 atom stereocenters. The zero-order chi connectivity index (χ0) is 21.4. The molecule has 0 aromatic rings. The summed E-state index contributed by atoms with van der Waals surface area (Å²) >= 11 is 0. The number of hydrogen-bond donors (Lipinski definition) is 3. The third-order valence-corrected chi connectivity index (χ3v) is 9.18. The van der Waals surface area contributed by atoms with E-state index in [-0.39, 0.29) is 12.3 Å². The van der Waals surface area contributed by atoms with Gasteiger partial charge in [0.2, 0.25) is 0 Å². The van der Waals surface area contributed by atoms with Gasteiger partial charge >= 0.3 is 0 Å². The highest BCUT2D eigenvalue weighted by molar-refractivity contribution is 5.90.